The highest BCUT2D eigenvalue weighted by molar-refractivity contribution is 5.83. The van der Waals surface area contributed by atoms with E-state index in [0.717, 1.165) is 24.2 Å². The third kappa shape index (κ3) is 6.60. The van der Waals surface area contributed by atoms with Crippen molar-refractivity contribution in [1.29, 1.82) is 0 Å². The first-order chi connectivity index (χ1) is 14.8. The van der Waals surface area contributed by atoms with Gasteiger partial charge in [-0.25, -0.2) is 4.79 Å². The number of piperazine rings is 1. The molecule has 7 nitrogen and oxygen atoms in total. The maximum absolute atomic E-state index is 13.4. The van der Waals surface area contributed by atoms with E-state index in [1.54, 1.807) is 12.0 Å². The summed E-state index contributed by atoms with van der Waals surface area (Å²) in [6, 6.07) is 7.59. The number of amides is 2. The molecule has 1 aromatic carbocycles. The first-order valence-electron chi connectivity index (χ1n) is 11.4. The van der Waals surface area contributed by atoms with E-state index in [4.69, 9.17) is 9.47 Å². The summed E-state index contributed by atoms with van der Waals surface area (Å²) < 4.78 is 10.8. The third-order valence-corrected chi connectivity index (χ3v) is 5.96. The minimum absolute atomic E-state index is 0.0442. The van der Waals surface area contributed by atoms with Gasteiger partial charge in [-0.05, 0) is 51.3 Å². The minimum atomic E-state index is -0.514. The lowest BCUT2D eigenvalue weighted by Gasteiger charge is -2.39. The third-order valence-electron chi connectivity index (χ3n) is 5.96. The zero-order chi connectivity index (χ0) is 22.4. The van der Waals surface area contributed by atoms with Crippen molar-refractivity contribution in [2.75, 3.05) is 33.3 Å². The molecule has 1 saturated carbocycles. The summed E-state index contributed by atoms with van der Waals surface area (Å²) in [6.45, 7) is 7.93. The van der Waals surface area contributed by atoms with Crippen molar-refractivity contribution in [2.45, 2.75) is 70.6 Å². The van der Waals surface area contributed by atoms with E-state index in [1.807, 2.05) is 45.0 Å². The zero-order valence-electron chi connectivity index (χ0n) is 19.4. The number of methoxy groups -OCH3 is 1. The highest BCUT2D eigenvalue weighted by Gasteiger charge is 2.34. The van der Waals surface area contributed by atoms with Crippen molar-refractivity contribution in [3.8, 4) is 5.75 Å². The second kappa shape index (κ2) is 10.4. The van der Waals surface area contributed by atoms with Gasteiger partial charge in [0.1, 0.15) is 17.4 Å². The Morgan fingerprint density at radius 3 is 2.16 bits per heavy atom. The Hall–Kier alpha value is -2.28. The Balaban J connectivity index is 1.70. The van der Waals surface area contributed by atoms with Gasteiger partial charge in [0.05, 0.1) is 7.11 Å². The lowest BCUT2D eigenvalue weighted by atomic mass is 9.94. The summed E-state index contributed by atoms with van der Waals surface area (Å²) in [5, 5.41) is 3.29. The van der Waals surface area contributed by atoms with Gasteiger partial charge in [-0.1, -0.05) is 31.4 Å². The number of carbonyl (C=O) groups excluding carboxylic acids is 2. The van der Waals surface area contributed by atoms with Crippen LogP contribution < -0.4 is 10.1 Å². The predicted molar refractivity (Wildman–Crippen MR) is 120 cm³/mol. The molecule has 1 atom stereocenters. The van der Waals surface area contributed by atoms with Crippen LogP contribution in [-0.2, 0) is 9.53 Å². The number of rotatable bonds is 5. The van der Waals surface area contributed by atoms with Gasteiger partial charge in [0.15, 0.2) is 0 Å². The topological polar surface area (TPSA) is 71.1 Å². The van der Waals surface area contributed by atoms with Gasteiger partial charge in [-0.15, -0.1) is 0 Å². The first kappa shape index (κ1) is 23.4. The molecule has 1 aliphatic heterocycles. The van der Waals surface area contributed by atoms with Crippen LogP contribution in [0.25, 0.3) is 0 Å². The molecule has 1 saturated heterocycles. The minimum Gasteiger partial charge on any atom is -0.497 e. The van der Waals surface area contributed by atoms with Crippen LogP contribution in [0.4, 0.5) is 4.79 Å². The molecule has 1 heterocycles. The van der Waals surface area contributed by atoms with Gasteiger partial charge in [0.2, 0.25) is 5.91 Å². The quantitative estimate of drug-likeness (QED) is 0.769. The summed E-state index contributed by atoms with van der Waals surface area (Å²) in [5.74, 6) is 0.813. The number of carbonyl (C=O) groups is 2. The van der Waals surface area contributed by atoms with Crippen molar-refractivity contribution in [3.63, 3.8) is 0 Å². The van der Waals surface area contributed by atoms with E-state index in [2.05, 4.69) is 10.2 Å². The molecule has 1 N–H and O–H groups in total. The molecule has 7 heteroatoms. The summed E-state index contributed by atoms with van der Waals surface area (Å²) in [6.07, 6.45) is 5.40. The van der Waals surface area contributed by atoms with Crippen LogP contribution in [0.3, 0.4) is 0 Å². The van der Waals surface area contributed by atoms with Crippen molar-refractivity contribution >= 4 is 12.0 Å². The molecule has 0 radical (unpaired) electrons. The standard InChI is InChI=1S/C24H37N3O4/c1-24(2,3)31-23(29)27-16-14-26(15-17-27)21(18-10-12-20(30-4)13-11-18)22(28)25-19-8-6-5-7-9-19/h10-13,19,21H,5-9,14-17H2,1-4H3,(H,25,28). The number of hydrogen-bond acceptors (Lipinski definition) is 5. The maximum atomic E-state index is 13.4. The Labute approximate surface area is 186 Å². The van der Waals surface area contributed by atoms with Gasteiger partial charge in [-0.2, -0.15) is 0 Å². The van der Waals surface area contributed by atoms with Crippen molar-refractivity contribution < 1.29 is 19.1 Å². The average molecular weight is 432 g/mol. The average Bonchev–Trinajstić information content (AvgIpc) is 2.74. The van der Waals surface area contributed by atoms with Gasteiger partial charge >= 0.3 is 6.09 Å². The molecular formula is C24H37N3O4. The fourth-order valence-corrected chi connectivity index (χ4v) is 4.33. The number of hydrogen-bond donors (Lipinski definition) is 1. The van der Waals surface area contributed by atoms with E-state index in [1.165, 1.54) is 19.3 Å². The monoisotopic (exact) mass is 431 g/mol. The lowest BCUT2D eigenvalue weighted by molar-refractivity contribution is -0.128. The molecule has 3 rings (SSSR count). The Bertz CT molecular complexity index is 730. The number of nitrogens with one attached hydrogen (secondary N) is 1. The molecule has 2 amide bonds. The smallest absolute Gasteiger partial charge is 0.410 e. The van der Waals surface area contributed by atoms with Gasteiger partial charge in [0, 0.05) is 32.2 Å². The van der Waals surface area contributed by atoms with Gasteiger partial charge in [0.25, 0.3) is 0 Å². The highest BCUT2D eigenvalue weighted by Crippen LogP contribution is 2.27. The summed E-state index contributed by atoms with van der Waals surface area (Å²) >= 11 is 0. The summed E-state index contributed by atoms with van der Waals surface area (Å²) in [4.78, 5) is 29.7. The SMILES string of the molecule is COc1ccc(C(C(=O)NC2CCCCC2)N2CCN(C(=O)OC(C)(C)C)CC2)cc1. The highest BCUT2D eigenvalue weighted by atomic mass is 16.6. The molecule has 31 heavy (non-hydrogen) atoms. The summed E-state index contributed by atoms with van der Waals surface area (Å²) in [7, 11) is 1.64. The van der Waals surface area contributed by atoms with E-state index in [0.29, 0.717) is 26.2 Å². The fourth-order valence-electron chi connectivity index (χ4n) is 4.33. The number of ether oxygens (including phenoxy) is 2. The molecule has 0 bridgehead atoms. The first-order valence-corrected chi connectivity index (χ1v) is 11.4. The molecule has 2 aliphatic rings. The van der Waals surface area contributed by atoms with Crippen molar-refractivity contribution in [3.05, 3.63) is 29.8 Å². The van der Waals surface area contributed by atoms with Crippen LogP contribution in [-0.4, -0.2) is 66.7 Å². The summed E-state index contributed by atoms with van der Waals surface area (Å²) in [5.41, 5.74) is 0.430. The fraction of sp³-hybridized carbons (Fsp3) is 0.667. The molecule has 1 aromatic rings. The Morgan fingerprint density at radius 1 is 1.00 bits per heavy atom. The number of nitrogens with zero attached hydrogens (tertiary/aromatic N) is 2. The Morgan fingerprint density at radius 2 is 1.61 bits per heavy atom. The van der Waals surface area contributed by atoms with Gasteiger partial charge in [-0.3, -0.25) is 9.69 Å². The van der Waals surface area contributed by atoms with Gasteiger partial charge < -0.3 is 19.7 Å². The second-order valence-corrected chi connectivity index (χ2v) is 9.52. The molecule has 1 aliphatic carbocycles. The van der Waals surface area contributed by atoms with Crippen molar-refractivity contribution in [1.82, 2.24) is 15.1 Å². The van der Waals surface area contributed by atoms with E-state index in [-0.39, 0.29) is 24.1 Å². The normalized spacial score (nSPS) is 19.5. The maximum Gasteiger partial charge on any atom is 0.410 e. The molecular weight excluding hydrogens is 394 g/mol. The molecule has 0 aromatic heterocycles. The molecule has 172 valence electrons. The van der Waals surface area contributed by atoms with Crippen LogP contribution in [0.2, 0.25) is 0 Å². The van der Waals surface area contributed by atoms with Crippen LogP contribution in [0.1, 0.15) is 64.5 Å². The van der Waals surface area contributed by atoms with E-state index < -0.39 is 5.60 Å². The van der Waals surface area contributed by atoms with Crippen LogP contribution in [0.15, 0.2) is 24.3 Å². The molecule has 2 fully saturated rings. The molecule has 1 unspecified atom stereocenters. The largest absolute Gasteiger partial charge is 0.497 e. The van der Waals surface area contributed by atoms with Crippen LogP contribution in [0.5, 0.6) is 5.75 Å². The predicted octanol–water partition coefficient (Wildman–Crippen LogP) is 3.74. The van der Waals surface area contributed by atoms with E-state index in [9.17, 15) is 9.59 Å². The van der Waals surface area contributed by atoms with Crippen LogP contribution >= 0.6 is 0 Å². The lowest BCUT2D eigenvalue weighted by Crippen LogP contribution is -2.54. The van der Waals surface area contributed by atoms with Crippen LogP contribution in [0, 0.1) is 0 Å². The number of benzene rings is 1. The second-order valence-electron chi connectivity index (χ2n) is 9.52. The molecule has 0 spiro atoms. The van der Waals surface area contributed by atoms with Crippen molar-refractivity contribution in [2.24, 2.45) is 0 Å². The zero-order valence-corrected chi connectivity index (χ0v) is 19.4. The Kier molecular flexibility index (Phi) is 7.81. The van der Waals surface area contributed by atoms with E-state index >= 15 is 0 Å².